The van der Waals surface area contributed by atoms with Crippen LogP contribution in [0.5, 0.6) is 0 Å². The molecule has 0 saturated heterocycles. The first-order chi connectivity index (χ1) is 18.8. The van der Waals surface area contributed by atoms with Crippen LogP contribution in [0.2, 0.25) is 0 Å². The van der Waals surface area contributed by atoms with Crippen LogP contribution < -0.4 is 0 Å². The topological polar surface area (TPSA) is 80.8 Å². The fourth-order valence-corrected chi connectivity index (χ4v) is 5.81. The van der Waals surface area contributed by atoms with E-state index in [2.05, 4.69) is 11.2 Å². The van der Waals surface area contributed by atoms with E-state index in [9.17, 15) is 57.5 Å². The Morgan fingerprint density at radius 2 is 1.39 bits per heavy atom. The Labute approximate surface area is 232 Å². The van der Waals surface area contributed by atoms with Crippen LogP contribution in [0.1, 0.15) is 66.2 Å². The second kappa shape index (κ2) is 11.6. The molecule has 0 unspecified atom stereocenters. The Morgan fingerprint density at radius 1 is 0.805 bits per heavy atom. The molecule has 0 fully saturated rings. The highest BCUT2D eigenvalue weighted by molar-refractivity contribution is 7.99. The molecule has 41 heavy (non-hydrogen) atoms. The number of carbonyl (C=O) groups is 2. The summed E-state index contributed by atoms with van der Waals surface area (Å²) >= 11 is 1.26. The minimum Gasteiger partial charge on any atom is -0.266 e. The van der Waals surface area contributed by atoms with Crippen LogP contribution in [0.3, 0.4) is 0 Å². The normalized spacial score (nSPS) is 15.2. The van der Waals surface area contributed by atoms with Crippen molar-refractivity contribution in [3.63, 3.8) is 0 Å². The minimum absolute atomic E-state index is 0.0654. The number of unbranched alkanes of at least 4 members (excludes halogenated alkanes) is 5. The third kappa shape index (κ3) is 5.89. The average molecular weight is 640 g/mol. The van der Waals surface area contributed by atoms with Gasteiger partial charge in [-0.1, -0.05) is 51.2 Å². The van der Waals surface area contributed by atoms with Gasteiger partial charge in [0.1, 0.15) is 0 Å². The highest BCUT2D eigenvalue weighted by atomic mass is 32.2. The number of hydrogen-bond acceptors (Lipinski definition) is 6. The number of amides is 2. The molecule has 0 spiro atoms. The first-order valence-corrected chi connectivity index (χ1v) is 14.4. The van der Waals surface area contributed by atoms with Crippen molar-refractivity contribution < 1.29 is 61.8 Å². The lowest BCUT2D eigenvalue weighted by molar-refractivity contribution is -0.383. The summed E-state index contributed by atoms with van der Waals surface area (Å²) in [4.78, 5) is 26.2. The molecule has 0 bridgehead atoms. The fourth-order valence-electron chi connectivity index (χ4n) is 3.94. The number of thioether (sulfide) groups is 1. The first-order valence-electron chi connectivity index (χ1n) is 12.0. The molecule has 6 nitrogen and oxygen atoms in total. The van der Waals surface area contributed by atoms with E-state index in [0.29, 0.717) is 10.6 Å². The van der Waals surface area contributed by atoms with Gasteiger partial charge >= 0.3 is 33.4 Å². The zero-order valence-electron chi connectivity index (χ0n) is 21.0. The van der Waals surface area contributed by atoms with Gasteiger partial charge in [-0.25, -0.2) is 0 Å². The third-order valence-corrected chi connectivity index (χ3v) is 8.44. The molecular formula is C24H22F9NO5S2. The van der Waals surface area contributed by atoms with Crippen LogP contribution in [-0.4, -0.2) is 54.3 Å². The standard InChI is InChI=1S/C24H22F9NO5S2/c1-2-3-4-5-6-7-11-40-15-12-14-9-8-10-16-18(14)17(13-15)20(36)34(19(16)35)39-41(37,38)24(32,33)22(27,28)21(25,26)23(29,30)31/h8-10,12-13H,2-7,11H2,1H3. The number of benzene rings is 2. The number of rotatable bonds is 13. The summed E-state index contributed by atoms with van der Waals surface area (Å²) in [5, 5.41) is -7.91. The van der Waals surface area contributed by atoms with Gasteiger partial charge in [0, 0.05) is 10.3 Å². The molecule has 0 saturated carbocycles. The summed E-state index contributed by atoms with van der Waals surface area (Å²) in [5.41, 5.74) is -0.982. The summed E-state index contributed by atoms with van der Waals surface area (Å²) in [6.07, 6.45) is -1.39. The van der Waals surface area contributed by atoms with Crippen molar-refractivity contribution in [1.82, 2.24) is 5.06 Å². The Balaban J connectivity index is 1.92. The van der Waals surface area contributed by atoms with Gasteiger partial charge in [0.2, 0.25) is 0 Å². The maximum Gasteiger partial charge on any atom is 0.460 e. The number of halogens is 9. The number of alkyl halides is 9. The Hall–Kier alpha value is -2.53. The van der Waals surface area contributed by atoms with E-state index in [0.717, 1.165) is 50.7 Å². The van der Waals surface area contributed by atoms with Crippen molar-refractivity contribution in [3.05, 3.63) is 41.5 Å². The van der Waals surface area contributed by atoms with Crippen molar-refractivity contribution >= 4 is 44.5 Å². The molecule has 2 aromatic rings. The van der Waals surface area contributed by atoms with Crippen LogP contribution in [0.25, 0.3) is 10.8 Å². The maximum atomic E-state index is 14.2. The van der Waals surface area contributed by atoms with Crippen LogP contribution in [0.4, 0.5) is 39.5 Å². The average Bonchev–Trinajstić information content (AvgIpc) is 2.88. The molecule has 228 valence electrons. The molecule has 2 amide bonds. The Bertz CT molecular complexity index is 1430. The van der Waals surface area contributed by atoms with Gasteiger partial charge < -0.3 is 0 Å². The van der Waals surface area contributed by atoms with Gasteiger partial charge in [0.05, 0.1) is 11.1 Å². The number of imide groups is 1. The number of hydrogen-bond donors (Lipinski definition) is 0. The monoisotopic (exact) mass is 639 g/mol. The van der Waals surface area contributed by atoms with Crippen LogP contribution in [0, 0.1) is 0 Å². The van der Waals surface area contributed by atoms with Gasteiger partial charge in [0.15, 0.2) is 0 Å². The lowest BCUT2D eigenvalue weighted by atomic mass is 9.95. The molecule has 0 aliphatic carbocycles. The minimum atomic E-state index is -7.60. The van der Waals surface area contributed by atoms with Crippen molar-refractivity contribution in [2.75, 3.05) is 5.75 Å². The SMILES string of the molecule is CCCCCCCCSc1cc2c3c(cccc3c1)C(=O)N(OS(=O)(=O)C(F)(F)C(F)(F)C(F)(F)C(F)(F)F)C2=O. The summed E-state index contributed by atoms with van der Waals surface area (Å²) in [7, 11) is -7.52. The molecular weight excluding hydrogens is 617 g/mol. The van der Waals surface area contributed by atoms with Gasteiger partial charge in [-0.2, -0.15) is 47.9 Å². The summed E-state index contributed by atoms with van der Waals surface area (Å²) < 4.78 is 147. The van der Waals surface area contributed by atoms with Crippen LogP contribution in [-0.2, 0) is 14.4 Å². The van der Waals surface area contributed by atoms with Gasteiger partial charge in [-0.15, -0.1) is 21.1 Å². The van der Waals surface area contributed by atoms with Crippen LogP contribution in [0.15, 0.2) is 35.2 Å². The first kappa shape index (κ1) is 33.0. The zero-order chi connectivity index (χ0) is 31.0. The smallest absolute Gasteiger partial charge is 0.266 e. The molecule has 0 aromatic heterocycles. The summed E-state index contributed by atoms with van der Waals surface area (Å²) in [5.74, 6) is -18.1. The Kier molecular flexibility index (Phi) is 9.35. The molecule has 2 aromatic carbocycles. The van der Waals surface area contributed by atoms with Crippen molar-refractivity contribution in [1.29, 1.82) is 0 Å². The molecule has 0 atom stereocenters. The van der Waals surface area contributed by atoms with E-state index in [1.54, 1.807) is 6.07 Å². The predicted molar refractivity (Wildman–Crippen MR) is 129 cm³/mol. The number of carbonyl (C=O) groups excluding carboxylic acids is 2. The molecule has 1 heterocycles. The van der Waals surface area contributed by atoms with E-state index >= 15 is 0 Å². The molecule has 3 rings (SSSR count). The zero-order valence-corrected chi connectivity index (χ0v) is 22.7. The molecule has 1 aliphatic rings. The van der Waals surface area contributed by atoms with Gasteiger partial charge in [0.25, 0.3) is 11.8 Å². The quantitative estimate of drug-likeness (QED) is 0.0974. The van der Waals surface area contributed by atoms with Gasteiger partial charge in [-0.3, -0.25) is 9.59 Å². The van der Waals surface area contributed by atoms with Crippen LogP contribution >= 0.6 is 11.8 Å². The maximum absolute atomic E-state index is 14.2. The lowest BCUT2D eigenvalue weighted by Gasteiger charge is -2.33. The van der Waals surface area contributed by atoms with Crippen molar-refractivity contribution in [2.24, 2.45) is 0 Å². The van der Waals surface area contributed by atoms with E-state index in [-0.39, 0.29) is 10.8 Å². The largest absolute Gasteiger partial charge is 0.460 e. The summed E-state index contributed by atoms with van der Waals surface area (Å²) in [6, 6.07) is 6.49. The van der Waals surface area contributed by atoms with Crippen molar-refractivity contribution in [3.8, 4) is 0 Å². The third-order valence-electron chi connectivity index (χ3n) is 6.15. The van der Waals surface area contributed by atoms with E-state index < -0.39 is 61.4 Å². The lowest BCUT2D eigenvalue weighted by Crippen LogP contribution is -2.64. The second-order valence-corrected chi connectivity index (χ2v) is 11.8. The second-order valence-electron chi connectivity index (χ2n) is 9.09. The molecule has 0 radical (unpaired) electrons. The highest BCUT2D eigenvalue weighted by Crippen LogP contribution is 2.55. The summed E-state index contributed by atoms with van der Waals surface area (Å²) in [6.45, 7) is 2.07. The highest BCUT2D eigenvalue weighted by Gasteiger charge is 2.86. The van der Waals surface area contributed by atoms with Gasteiger partial charge in [-0.05, 0) is 35.8 Å². The molecule has 1 aliphatic heterocycles. The van der Waals surface area contributed by atoms with E-state index in [1.807, 2.05) is 0 Å². The fraction of sp³-hybridized carbons (Fsp3) is 0.500. The van der Waals surface area contributed by atoms with E-state index in [4.69, 9.17) is 0 Å². The molecule has 17 heteroatoms. The molecule has 0 N–H and O–H groups in total. The predicted octanol–water partition coefficient (Wildman–Crippen LogP) is 7.58. The van der Waals surface area contributed by atoms with E-state index in [1.165, 1.54) is 23.9 Å². The number of hydroxylamine groups is 2. The Morgan fingerprint density at radius 3 is 2.00 bits per heavy atom. The van der Waals surface area contributed by atoms with Crippen molar-refractivity contribution in [2.45, 2.75) is 73.6 Å². The number of nitrogens with zero attached hydrogens (tertiary/aromatic N) is 1.